The van der Waals surface area contributed by atoms with Gasteiger partial charge >= 0.3 is 11.9 Å². The summed E-state index contributed by atoms with van der Waals surface area (Å²) in [6, 6.07) is 14.2. The van der Waals surface area contributed by atoms with Crippen molar-refractivity contribution in [1.82, 2.24) is 0 Å². The Morgan fingerprint density at radius 1 is 1.07 bits per heavy atom. The molecule has 8 heteroatoms. The van der Waals surface area contributed by atoms with Crippen LogP contribution in [0.4, 0.5) is 5.69 Å². The van der Waals surface area contributed by atoms with Crippen molar-refractivity contribution in [1.29, 1.82) is 0 Å². The first-order valence-corrected chi connectivity index (χ1v) is 9.72. The van der Waals surface area contributed by atoms with E-state index in [0.29, 0.717) is 5.69 Å². The van der Waals surface area contributed by atoms with E-state index >= 15 is 0 Å². The van der Waals surface area contributed by atoms with Crippen molar-refractivity contribution in [2.75, 3.05) is 18.0 Å². The molecule has 0 radical (unpaired) electrons. The number of esters is 2. The lowest BCUT2D eigenvalue weighted by atomic mass is 10.2. The Morgan fingerprint density at radius 2 is 1.74 bits per heavy atom. The summed E-state index contributed by atoms with van der Waals surface area (Å²) in [6.07, 6.45) is -1.10. The fourth-order valence-corrected chi connectivity index (χ4v) is 3.96. The van der Waals surface area contributed by atoms with E-state index in [4.69, 9.17) is 4.74 Å². The minimum absolute atomic E-state index is 0.0240. The number of rotatable bonds is 7. The maximum absolute atomic E-state index is 13.0. The average Bonchev–Trinajstić information content (AvgIpc) is 2.68. The molecule has 0 saturated carbocycles. The van der Waals surface area contributed by atoms with Gasteiger partial charge in [-0.2, -0.15) is 0 Å². The van der Waals surface area contributed by atoms with Crippen molar-refractivity contribution in [2.45, 2.75) is 24.8 Å². The molecule has 27 heavy (non-hydrogen) atoms. The number of benzene rings is 2. The van der Waals surface area contributed by atoms with Crippen molar-refractivity contribution in [2.24, 2.45) is 0 Å². The van der Waals surface area contributed by atoms with Gasteiger partial charge in [-0.3, -0.25) is 4.31 Å². The van der Waals surface area contributed by atoms with Crippen LogP contribution in [0.1, 0.15) is 24.2 Å². The van der Waals surface area contributed by atoms with Crippen LogP contribution >= 0.6 is 0 Å². The van der Waals surface area contributed by atoms with E-state index in [1.165, 1.54) is 42.6 Å². The smallest absolute Gasteiger partial charge is 0.346 e. The molecular formula is C19H21NO6S. The van der Waals surface area contributed by atoms with Crippen molar-refractivity contribution in [3.05, 3.63) is 60.2 Å². The van der Waals surface area contributed by atoms with Gasteiger partial charge in [0.05, 0.1) is 23.3 Å². The molecule has 0 heterocycles. The van der Waals surface area contributed by atoms with Crippen LogP contribution in [0.25, 0.3) is 0 Å². The number of methoxy groups -OCH3 is 1. The van der Waals surface area contributed by atoms with Crippen LogP contribution in [0, 0.1) is 0 Å². The Bertz CT molecular complexity index is 911. The second kappa shape index (κ2) is 8.68. The zero-order valence-electron chi connectivity index (χ0n) is 15.3. The summed E-state index contributed by atoms with van der Waals surface area (Å²) in [6.45, 7) is 3.32. The topological polar surface area (TPSA) is 90.0 Å². The molecule has 0 aromatic heterocycles. The predicted octanol–water partition coefficient (Wildman–Crippen LogP) is 2.62. The van der Waals surface area contributed by atoms with Crippen molar-refractivity contribution < 1.29 is 27.5 Å². The quantitative estimate of drug-likeness (QED) is 0.674. The van der Waals surface area contributed by atoms with Crippen LogP contribution in [0.2, 0.25) is 0 Å². The molecule has 0 saturated heterocycles. The van der Waals surface area contributed by atoms with E-state index in [1.807, 2.05) is 0 Å². The van der Waals surface area contributed by atoms with E-state index in [-0.39, 0.29) is 17.0 Å². The van der Waals surface area contributed by atoms with E-state index in [0.717, 1.165) is 0 Å². The highest BCUT2D eigenvalue weighted by Crippen LogP contribution is 2.24. The SMILES string of the molecule is CCN(c1ccccc1)S(=O)(=O)c1cccc(C(=O)O[C@H](C)C(=O)OC)c1. The van der Waals surface area contributed by atoms with Gasteiger partial charge in [0.1, 0.15) is 0 Å². The molecule has 0 spiro atoms. The van der Waals surface area contributed by atoms with Gasteiger partial charge in [0, 0.05) is 6.54 Å². The van der Waals surface area contributed by atoms with E-state index in [9.17, 15) is 18.0 Å². The molecule has 0 N–H and O–H groups in total. The number of hydrogen-bond acceptors (Lipinski definition) is 6. The lowest BCUT2D eigenvalue weighted by molar-refractivity contribution is -0.149. The number of nitrogens with zero attached hydrogens (tertiary/aromatic N) is 1. The summed E-state index contributed by atoms with van der Waals surface area (Å²) in [4.78, 5) is 23.6. The third-order valence-electron chi connectivity index (χ3n) is 3.81. The van der Waals surface area contributed by atoms with Crippen LogP contribution in [-0.4, -0.2) is 40.1 Å². The Morgan fingerprint density at radius 3 is 2.33 bits per heavy atom. The molecule has 0 aliphatic rings. The molecule has 2 aromatic carbocycles. The molecule has 144 valence electrons. The van der Waals surface area contributed by atoms with Crippen LogP contribution in [-0.2, 0) is 24.3 Å². The molecule has 1 atom stereocenters. The first-order chi connectivity index (χ1) is 12.8. The number of carbonyl (C=O) groups is 2. The summed E-state index contributed by atoms with van der Waals surface area (Å²) in [7, 11) is -2.69. The standard InChI is InChI=1S/C19H21NO6S/c1-4-20(16-10-6-5-7-11-16)27(23,24)17-12-8-9-15(13-17)19(22)26-14(2)18(21)25-3/h5-14H,4H2,1-3H3/t14-/m1/s1. The maximum atomic E-state index is 13.0. The average molecular weight is 391 g/mol. The van der Waals surface area contributed by atoms with E-state index in [1.54, 1.807) is 37.3 Å². The first kappa shape index (κ1) is 20.4. The highest BCUT2D eigenvalue weighted by molar-refractivity contribution is 7.92. The molecule has 2 rings (SSSR count). The third kappa shape index (κ3) is 4.65. The van der Waals surface area contributed by atoms with Gasteiger partial charge in [0.2, 0.25) is 0 Å². The minimum Gasteiger partial charge on any atom is -0.466 e. The van der Waals surface area contributed by atoms with Gasteiger partial charge in [0.15, 0.2) is 6.10 Å². The third-order valence-corrected chi connectivity index (χ3v) is 5.70. The molecule has 2 aromatic rings. The lowest BCUT2D eigenvalue weighted by Crippen LogP contribution is -2.31. The van der Waals surface area contributed by atoms with Crippen molar-refractivity contribution >= 4 is 27.6 Å². The molecule has 0 aliphatic heterocycles. The molecule has 0 bridgehead atoms. The number of carbonyl (C=O) groups excluding carboxylic acids is 2. The Kier molecular flexibility index (Phi) is 6.57. The zero-order valence-corrected chi connectivity index (χ0v) is 16.1. The minimum atomic E-state index is -3.88. The van der Waals surface area contributed by atoms with Gasteiger partial charge in [-0.15, -0.1) is 0 Å². The van der Waals surface area contributed by atoms with Gasteiger partial charge in [0.25, 0.3) is 10.0 Å². The highest BCUT2D eigenvalue weighted by Gasteiger charge is 2.25. The van der Waals surface area contributed by atoms with Crippen LogP contribution in [0.15, 0.2) is 59.5 Å². The number of anilines is 1. The fraction of sp³-hybridized carbons (Fsp3) is 0.263. The van der Waals surface area contributed by atoms with Gasteiger partial charge in [-0.05, 0) is 44.2 Å². The largest absolute Gasteiger partial charge is 0.466 e. The predicted molar refractivity (Wildman–Crippen MR) is 100.0 cm³/mol. The molecule has 0 fully saturated rings. The van der Waals surface area contributed by atoms with Gasteiger partial charge in [-0.25, -0.2) is 18.0 Å². The number of ether oxygens (including phenoxy) is 2. The lowest BCUT2D eigenvalue weighted by Gasteiger charge is -2.23. The first-order valence-electron chi connectivity index (χ1n) is 8.28. The summed E-state index contributed by atoms with van der Waals surface area (Å²) < 4.78 is 36.8. The summed E-state index contributed by atoms with van der Waals surface area (Å²) >= 11 is 0. The normalized spacial score (nSPS) is 12.1. The highest BCUT2D eigenvalue weighted by atomic mass is 32.2. The Labute approximate surface area is 158 Å². The Balaban J connectivity index is 2.32. The monoisotopic (exact) mass is 391 g/mol. The number of hydrogen-bond donors (Lipinski definition) is 0. The molecular weight excluding hydrogens is 370 g/mol. The fourth-order valence-electron chi connectivity index (χ4n) is 2.44. The van der Waals surface area contributed by atoms with Crippen molar-refractivity contribution in [3.8, 4) is 0 Å². The maximum Gasteiger partial charge on any atom is 0.346 e. The summed E-state index contributed by atoms with van der Waals surface area (Å²) in [5, 5.41) is 0. The van der Waals surface area contributed by atoms with Gasteiger partial charge < -0.3 is 9.47 Å². The van der Waals surface area contributed by atoms with Crippen LogP contribution < -0.4 is 4.31 Å². The second-order valence-corrected chi connectivity index (χ2v) is 7.47. The summed E-state index contributed by atoms with van der Waals surface area (Å²) in [5.74, 6) is -1.51. The molecule has 0 unspecified atom stereocenters. The van der Waals surface area contributed by atoms with E-state index in [2.05, 4.69) is 4.74 Å². The molecule has 0 aliphatic carbocycles. The number of para-hydroxylation sites is 1. The summed E-state index contributed by atoms with van der Waals surface area (Å²) in [5.41, 5.74) is 0.545. The molecule has 7 nitrogen and oxygen atoms in total. The van der Waals surface area contributed by atoms with Gasteiger partial charge in [-0.1, -0.05) is 24.3 Å². The zero-order chi connectivity index (χ0) is 20.0. The van der Waals surface area contributed by atoms with Crippen LogP contribution in [0.5, 0.6) is 0 Å². The Hall–Kier alpha value is -2.87. The molecule has 0 amide bonds. The van der Waals surface area contributed by atoms with Crippen molar-refractivity contribution in [3.63, 3.8) is 0 Å². The second-order valence-electron chi connectivity index (χ2n) is 5.60. The van der Waals surface area contributed by atoms with E-state index < -0.39 is 28.1 Å². The van der Waals surface area contributed by atoms with Crippen LogP contribution in [0.3, 0.4) is 0 Å². The number of sulfonamides is 1.